The molecule has 0 radical (unpaired) electrons. The molecule has 1 aromatic heterocycles. The zero-order valence-corrected chi connectivity index (χ0v) is 12.7. The summed E-state index contributed by atoms with van der Waals surface area (Å²) in [6.07, 6.45) is 4.53. The minimum Gasteiger partial charge on any atom is -0.356 e. The summed E-state index contributed by atoms with van der Waals surface area (Å²) in [6.45, 7) is 6.13. The van der Waals surface area contributed by atoms with E-state index in [-0.39, 0.29) is 5.91 Å². The third kappa shape index (κ3) is 3.71. The predicted molar refractivity (Wildman–Crippen MR) is 81.7 cm³/mol. The molecule has 1 fully saturated rings. The molecule has 1 aromatic rings. The molecule has 110 valence electrons. The van der Waals surface area contributed by atoms with Crippen molar-refractivity contribution in [1.82, 2.24) is 9.88 Å². The van der Waals surface area contributed by atoms with E-state index < -0.39 is 0 Å². The Morgan fingerprint density at radius 1 is 1.40 bits per heavy atom. The van der Waals surface area contributed by atoms with Gasteiger partial charge in [0, 0.05) is 38.8 Å². The highest BCUT2D eigenvalue weighted by Gasteiger charge is 2.25. The van der Waals surface area contributed by atoms with Gasteiger partial charge in [-0.25, -0.2) is 4.98 Å². The Hall–Kier alpha value is -1.58. The first-order valence-electron chi connectivity index (χ1n) is 7.49. The summed E-state index contributed by atoms with van der Waals surface area (Å²) in [4.78, 5) is 20.8. The number of carbonyl (C=O) groups excluding carboxylic acids is 1. The van der Waals surface area contributed by atoms with Gasteiger partial charge in [-0.3, -0.25) is 4.79 Å². The lowest BCUT2D eigenvalue weighted by molar-refractivity contribution is -0.133. The highest BCUT2D eigenvalue weighted by atomic mass is 16.2. The number of anilines is 1. The molecule has 1 amide bonds. The van der Waals surface area contributed by atoms with Crippen LogP contribution in [-0.2, 0) is 4.79 Å². The summed E-state index contributed by atoms with van der Waals surface area (Å²) in [7, 11) is 1.95. The van der Waals surface area contributed by atoms with Crippen LogP contribution in [0.15, 0.2) is 24.4 Å². The molecule has 4 heteroatoms. The standard InChI is InChI=1S/C16H25N3O/c1-13(2)12-16(20)18(3)14-7-10-19(11-8-14)15-6-4-5-9-17-15/h4-6,9,13-14H,7-8,10-12H2,1-3H3. The van der Waals surface area contributed by atoms with Gasteiger partial charge in [-0.05, 0) is 30.9 Å². The van der Waals surface area contributed by atoms with Crippen LogP contribution in [0.5, 0.6) is 0 Å². The molecule has 0 spiro atoms. The largest absolute Gasteiger partial charge is 0.356 e. The van der Waals surface area contributed by atoms with E-state index >= 15 is 0 Å². The molecule has 2 heterocycles. The second-order valence-corrected chi connectivity index (χ2v) is 6.01. The van der Waals surface area contributed by atoms with E-state index in [0.717, 1.165) is 31.7 Å². The summed E-state index contributed by atoms with van der Waals surface area (Å²) in [5.41, 5.74) is 0. The van der Waals surface area contributed by atoms with Gasteiger partial charge < -0.3 is 9.80 Å². The van der Waals surface area contributed by atoms with Crippen LogP contribution in [-0.4, -0.2) is 42.0 Å². The van der Waals surface area contributed by atoms with Crippen molar-refractivity contribution < 1.29 is 4.79 Å². The lowest BCUT2D eigenvalue weighted by Crippen LogP contribution is -2.46. The fourth-order valence-electron chi connectivity index (χ4n) is 2.72. The SMILES string of the molecule is CC(C)CC(=O)N(C)C1CCN(c2ccccn2)CC1. The summed E-state index contributed by atoms with van der Waals surface area (Å²) in [6, 6.07) is 6.39. The molecule has 0 atom stereocenters. The number of hydrogen-bond acceptors (Lipinski definition) is 3. The van der Waals surface area contributed by atoms with Crippen LogP contribution in [0, 0.1) is 5.92 Å². The molecule has 0 N–H and O–H groups in total. The van der Waals surface area contributed by atoms with Gasteiger partial charge in [0.25, 0.3) is 0 Å². The molecule has 0 unspecified atom stereocenters. The molecule has 0 bridgehead atoms. The predicted octanol–water partition coefficient (Wildman–Crippen LogP) is 2.55. The van der Waals surface area contributed by atoms with Crippen molar-refractivity contribution in [2.75, 3.05) is 25.0 Å². The quantitative estimate of drug-likeness (QED) is 0.847. The number of hydrogen-bond donors (Lipinski definition) is 0. The Morgan fingerprint density at radius 3 is 2.65 bits per heavy atom. The zero-order chi connectivity index (χ0) is 14.5. The van der Waals surface area contributed by atoms with Crippen LogP contribution < -0.4 is 4.90 Å². The molecule has 0 aliphatic carbocycles. The van der Waals surface area contributed by atoms with Crippen molar-refractivity contribution in [3.8, 4) is 0 Å². The molecular formula is C16H25N3O. The number of carbonyl (C=O) groups is 1. The summed E-state index contributed by atoms with van der Waals surface area (Å²) in [5, 5.41) is 0. The minimum absolute atomic E-state index is 0.274. The van der Waals surface area contributed by atoms with Crippen molar-refractivity contribution in [2.24, 2.45) is 5.92 Å². The normalized spacial score (nSPS) is 16.5. The van der Waals surface area contributed by atoms with E-state index in [1.165, 1.54) is 0 Å². The summed E-state index contributed by atoms with van der Waals surface area (Å²) in [5.74, 6) is 1.75. The van der Waals surface area contributed by atoms with E-state index in [9.17, 15) is 4.79 Å². The van der Waals surface area contributed by atoms with Gasteiger partial charge in [0.1, 0.15) is 5.82 Å². The molecule has 2 rings (SSSR count). The zero-order valence-electron chi connectivity index (χ0n) is 12.7. The van der Waals surface area contributed by atoms with E-state index in [0.29, 0.717) is 18.4 Å². The lowest BCUT2D eigenvalue weighted by Gasteiger charge is -2.37. The van der Waals surface area contributed by atoms with Crippen LogP contribution in [0.2, 0.25) is 0 Å². The summed E-state index contributed by atoms with van der Waals surface area (Å²) >= 11 is 0. The Morgan fingerprint density at radius 2 is 2.10 bits per heavy atom. The highest BCUT2D eigenvalue weighted by Crippen LogP contribution is 2.21. The van der Waals surface area contributed by atoms with Crippen molar-refractivity contribution in [3.05, 3.63) is 24.4 Å². The number of amides is 1. The molecule has 0 saturated carbocycles. The van der Waals surface area contributed by atoms with Gasteiger partial charge in [-0.1, -0.05) is 19.9 Å². The average molecular weight is 275 g/mol. The monoisotopic (exact) mass is 275 g/mol. The Labute approximate surface area is 121 Å². The molecule has 1 saturated heterocycles. The fourth-order valence-corrected chi connectivity index (χ4v) is 2.72. The van der Waals surface area contributed by atoms with E-state index in [2.05, 4.69) is 23.7 Å². The second kappa shape index (κ2) is 6.73. The lowest BCUT2D eigenvalue weighted by atomic mass is 10.0. The van der Waals surface area contributed by atoms with Crippen LogP contribution in [0.3, 0.4) is 0 Å². The second-order valence-electron chi connectivity index (χ2n) is 6.01. The van der Waals surface area contributed by atoms with Gasteiger partial charge in [0.2, 0.25) is 5.91 Å². The van der Waals surface area contributed by atoms with Gasteiger partial charge in [0.05, 0.1) is 0 Å². The van der Waals surface area contributed by atoms with E-state index in [4.69, 9.17) is 0 Å². The highest BCUT2D eigenvalue weighted by molar-refractivity contribution is 5.76. The third-order valence-electron chi connectivity index (χ3n) is 3.96. The maximum Gasteiger partial charge on any atom is 0.222 e. The van der Waals surface area contributed by atoms with Crippen LogP contribution in [0.1, 0.15) is 33.1 Å². The maximum absolute atomic E-state index is 12.1. The molecular weight excluding hydrogens is 250 g/mol. The first-order chi connectivity index (χ1) is 9.58. The average Bonchev–Trinajstić information content (AvgIpc) is 2.47. The van der Waals surface area contributed by atoms with E-state index in [1.54, 1.807) is 0 Å². The molecule has 1 aliphatic rings. The molecule has 1 aliphatic heterocycles. The van der Waals surface area contributed by atoms with Gasteiger partial charge in [-0.15, -0.1) is 0 Å². The van der Waals surface area contributed by atoms with Crippen LogP contribution in [0.4, 0.5) is 5.82 Å². The Bertz CT molecular complexity index is 425. The number of rotatable bonds is 4. The minimum atomic E-state index is 0.274. The summed E-state index contributed by atoms with van der Waals surface area (Å²) < 4.78 is 0. The van der Waals surface area contributed by atoms with Crippen LogP contribution in [0.25, 0.3) is 0 Å². The van der Waals surface area contributed by atoms with Gasteiger partial charge in [0.15, 0.2) is 0 Å². The maximum atomic E-state index is 12.1. The Kier molecular flexibility index (Phi) is 4.99. The van der Waals surface area contributed by atoms with Crippen molar-refractivity contribution in [2.45, 2.75) is 39.2 Å². The first-order valence-corrected chi connectivity index (χ1v) is 7.49. The molecule has 20 heavy (non-hydrogen) atoms. The smallest absolute Gasteiger partial charge is 0.222 e. The topological polar surface area (TPSA) is 36.4 Å². The fraction of sp³-hybridized carbons (Fsp3) is 0.625. The van der Waals surface area contributed by atoms with E-state index in [1.807, 2.05) is 36.3 Å². The number of aromatic nitrogens is 1. The van der Waals surface area contributed by atoms with Gasteiger partial charge in [-0.2, -0.15) is 0 Å². The first kappa shape index (κ1) is 14.8. The number of nitrogens with zero attached hydrogens (tertiary/aromatic N) is 3. The van der Waals surface area contributed by atoms with Crippen molar-refractivity contribution >= 4 is 11.7 Å². The molecule has 0 aromatic carbocycles. The Balaban J connectivity index is 1.86. The van der Waals surface area contributed by atoms with Gasteiger partial charge >= 0.3 is 0 Å². The third-order valence-corrected chi connectivity index (χ3v) is 3.96. The molecule has 4 nitrogen and oxygen atoms in total. The van der Waals surface area contributed by atoms with Crippen molar-refractivity contribution in [3.63, 3.8) is 0 Å². The van der Waals surface area contributed by atoms with Crippen molar-refractivity contribution in [1.29, 1.82) is 0 Å². The number of piperidine rings is 1. The number of pyridine rings is 1. The van der Waals surface area contributed by atoms with Crippen LogP contribution >= 0.6 is 0 Å².